The minimum absolute atomic E-state index is 0.0538. The molecular formula is C26H35N3O4. The molecule has 2 amide bonds. The number of benzene rings is 2. The number of piperidine rings is 1. The summed E-state index contributed by atoms with van der Waals surface area (Å²) >= 11 is 0. The van der Waals surface area contributed by atoms with E-state index in [0.717, 1.165) is 43.6 Å². The van der Waals surface area contributed by atoms with Crippen molar-refractivity contribution in [2.45, 2.75) is 39.2 Å². The number of nitrogens with one attached hydrogen (secondary N) is 2. The Kier molecular flexibility index (Phi) is 10.2. The fourth-order valence-corrected chi connectivity index (χ4v) is 3.85. The molecule has 1 saturated heterocycles. The van der Waals surface area contributed by atoms with Crippen LogP contribution in [-0.4, -0.2) is 51.3 Å². The molecule has 1 fully saturated rings. The standard InChI is InChI=1S/C26H35N3O4/c1-2-32-17-9-14-27-26(31)23-18-22(12-13-24(23)29-15-7-4-8-16-29)28-25(30)20-33-19-21-10-5-3-6-11-21/h3,5-6,10-13,18H,2,4,7-9,14-17,19-20H2,1H3,(H,27,31)(H,28,30). The first-order chi connectivity index (χ1) is 16.2. The molecule has 0 saturated carbocycles. The second-order valence-electron chi connectivity index (χ2n) is 8.11. The number of amides is 2. The number of carbonyl (C=O) groups is 2. The van der Waals surface area contributed by atoms with E-state index in [9.17, 15) is 9.59 Å². The Labute approximate surface area is 196 Å². The minimum Gasteiger partial charge on any atom is -0.382 e. The number of hydrogen-bond donors (Lipinski definition) is 2. The number of ether oxygens (including phenoxy) is 2. The van der Waals surface area contributed by atoms with Gasteiger partial charge in [-0.25, -0.2) is 0 Å². The van der Waals surface area contributed by atoms with Gasteiger partial charge in [-0.05, 0) is 56.4 Å². The topological polar surface area (TPSA) is 79.9 Å². The molecule has 2 aromatic rings. The van der Waals surface area contributed by atoms with Crippen LogP contribution in [0.5, 0.6) is 0 Å². The molecule has 3 rings (SSSR count). The maximum absolute atomic E-state index is 13.0. The average molecular weight is 454 g/mol. The SMILES string of the molecule is CCOCCCNC(=O)c1cc(NC(=O)COCc2ccccc2)ccc1N1CCCCC1. The third-order valence-electron chi connectivity index (χ3n) is 5.52. The maximum atomic E-state index is 13.0. The van der Waals surface area contributed by atoms with Gasteiger partial charge in [0, 0.05) is 44.2 Å². The summed E-state index contributed by atoms with van der Waals surface area (Å²) in [6.07, 6.45) is 4.21. The van der Waals surface area contributed by atoms with E-state index in [0.29, 0.717) is 37.6 Å². The molecule has 33 heavy (non-hydrogen) atoms. The Morgan fingerprint density at radius 3 is 2.55 bits per heavy atom. The van der Waals surface area contributed by atoms with Crippen LogP contribution in [0.1, 0.15) is 48.5 Å². The quantitative estimate of drug-likeness (QED) is 0.475. The molecule has 0 aliphatic carbocycles. The molecule has 7 heteroatoms. The van der Waals surface area contributed by atoms with E-state index in [1.165, 1.54) is 6.42 Å². The van der Waals surface area contributed by atoms with Crippen molar-refractivity contribution >= 4 is 23.2 Å². The number of carbonyl (C=O) groups excluding carboxylic acids is 2. The summed E-state index contributed by atoms with van der Waals surface area (Å²) in [5.41, 5.74) is 3.09. The van der Waals surface area contributed by atoms with Gasteiger partial charge in [0.05, 0.1) is 12.2 Å². The molecule has 2 aromatic carbocycles. The van der Waals surface area contributed by atoms with E-state index < -0.39 is 0 Å². The van der Waals surface area contributed by atoms with Crippen molar-refractivity contribution in [2.75, 3.05) is 49.7 Å². The fourth-order valence-electron chi connectivity index (χ4n) is 3.85. The van der Waals surface area contributed by atoms with Crippen molar-refractivity contribution in [3.63, 3.8) is 0 Å². The van der Waals surface area contributed by atoms with Crippen LogP contribution in [0.25, 0.3) is 0 Å². The van der Waals surface area contributed by atoms with E-state index in [1.54, 1.807) is 6.07 Å². The van der Waals surface area contributed by atoms with Gasteiger partial charge in [0.2, 0.25) is 5.91 Å². The number of anilines is 2. The number of hydrogen-bond acceptors (Lipinski definition) is 5. The first-order valence-corrected chi connectivity index (χ1v) is 11.8. The van der Waals surface area contributed by atoms with Gasteiger partial charge >= 0.3 is 0 Å². The summed E-state index contributed by atoms with van der Waals surface area (Å²) in [5.74, 6) is -0.386. The smallest absolute Gasteiger partial charge is 0.253 e. The number of nitrogens with zero attached hydrogens (tertiary/aromatic N) is 1. The molecule has 0 bridgehead atoms. The fraction of sp³-hybridized carbons (Fsp3) is 0.462. The van der Waals surface area contributed by atoms with Crippen molar-refractivity contribution in [3.05, 3.63) is 59.7 Å². The average Bonchev–Trinajstić information content (AvgIpc) is 2.85. The lowest BCUT2D eigenvalue weighted by Crippen LogP contribution is -2.33. The first kappa shape index (κ1) is 24.7. The van der Waals surface area contributed by atoms with Crippen LogP contribution >= 0.6 is 0 Å². The highest BCUT2D eigenvalue weighted by atomic mass is 16.5. The van der Waals surface area contributed by atoms with Gasteiger partial charge in [0.15, 0.2) is 0 Å². The second-order valence-corrected chi connectivity index (χ2v) is 8.11. The summed E-state index contributed by atoms with van der Waals surface area (Å²) in [5, 5.41) is 5.84. The van der Waals surface area contributed by atoms with Crippen LogP contribution in [0.3, 0.4) is 0 Å². The van der Waals surface area contributed by atoms with E-state index in [4.69, 9.17) is 9.47 Å². The summed E-state index contributed by atoms with van der Waals surface area (Å²) in [6, 6.07) is 15.3. The summed E-state index contributed by atoms with van der Waals surface area (Å²) in [4.78, 5) is 27.6. The Bertz CT molecular complexity index is 882. The van der Waals surface area contributed by atoms with E-state index in [2.05, 4.69) is 15.5 Å². The summed E-state index contributed by atoms with van der Waals surface area (Å²) < 4.78 is 10.9. The highest BCUT2D eigenvalue weighted by molar-refractivity contribution is 6.02. The zero-order chi connectivity index (χ0) is 23.3. The Morgan fingerprint density at radius 1 is 1.00 bits per heavy atom. The minimum atomic E-state index is -0.250. The van der Waals surface area contributed by atoms with Gasteiger partial charge in [0.25, 0.3) is 5.91 Å². The highest BCUT2D eigenvalue weighted by Gasteiger charge is 2.19. The van der Waals surface area contributed by atoms with Crippen LogP contribution in [-0.2, 0) is 20.9 Å². The molecular weight excluding hydrogens is 418 g/mol. The van der Waals surface area contributed by atoms with Gasteiger partial charge in [-0.2, -0.15) is 0 Å². The van der Waals surface area contributed by atoms with E-state index in [1.807, 2.05) is 49.4 Å². The van der Waals surface area contributed by atoms with Gasteiger partial charge < -0.3 is 25.0 Å². The van der Waals surface area contributed by atoms with Crippen molar-refractivity contribution < 1.29 is 19.1 Å². The van der Waals surface area contributed by atoms with Crippen LogP contribution in [0, 0.1) is 0 Å². The molecule has 0 unspecified atom stereocenters. The molecule has 178 valence electrons. The van der Waals surface area contributed by atoms with Crippen LogP contribution in [0.2, 0.25) is 0 Å². The molecule has 0 radical (unpaired) electrons. The predicted molar refractivity (Wildman–Crippen MR) is 131 cm³/mol. The van der Waals surface area contributed by atoms with Crippen molar-refractivity contribution in [3.8, 4) is 0 Å². The summed E-state index contributed by atoms with van der Waals surface area (Å²) in [7, 11) is 0. The maximum Gasteiger partial charge on any atom is 0.253 e. The van der Waals surface area contributed by atoms with E-state index in [-0.39, 0.29) is 18.4 Å². The second kappa shape index (κ2) is 13.6. The van der Waals surface area contributed by atoms with Gasteiger partial charge in [-0.3, -0.25) is 9.59 Å². The molecule has 0 aromatic heterocycles. The van der Waals surface area contributed by atoms with Crippen LogP contribution in [0.4, 0.5) is 11.4 Å². The lowest BCUT2D eigenvalue weighted by molar-refractivity contribution is -0.121. The molecule has 2 N–H and O–H groups in total. The Morgan fingerprint density at radius 2 is 1.79 bits per heavy atom. The van der Waals surface area contributed by atoms with Gasteiger partial charge in [-0.1, -0.05) is 30.3 Å². The Balaban J connectivity index is 1.61. The first-order valence-electron chi connectivity index (χ1n) is 11.8. The third kappa shape index (κ3) is 8.18. The monoisotopic (exact) mass is 453 g/mol. The van der Waals surface area contributed by atoms with Crippen molar-refractivity contribution in [1.29, 1.82) is 0 Å². The summed E-state index contributed by atoms with van der Waals surface area (Å²) in [6.45, 7) is 5.98. The zero-order valence-electron chi connectivity index (χ0n) is 19.5. The van der Waals surface area contributed by atoms with Gasteiger partial charge in [0.1, 0.15) is 6.61 Å². The molecule has 1 aliphatic heterocycles. The lowest BCUT2D eigenvalue weighted by atomic mass is 10.1. The lowest BCUT2D eigenvalue weighted by Gasteiger charge is -2.30. The van der Waals surface area contributed by atoms with E-state index >= 15 is 0 Å². The zero-order valence-corrected chi connectivity index (χ0v) is 19.5. The normalized spacial score (nSPS) is 13.5. The third-order valence-corrected chi connectivity index (χ3v) is 5.52. The largest absolute Gasteiger partial charge is 0.382 e. The van der Waals surface area contributed by atoms with Crippen LogP contribution < -0.4 is 15.5 Å². The molecule has 1 heterocycles. The highest BCUT2D eigenvalue weighted by Crippen LogP contribution is 2.27. The molecule has 7 nitrogen and oxygen atoms in total. The predicted octanol–water partition coefficient (Wildman–Crippen LogP) is 3.99. The Hall–Kier alpha value is -2.90. The molecule has 1 aliphatic rings. The number of rotatable bonds is 12. The van der Waals surface area contributed by atoms with Crippen molar-refractivity contribution in [1.82, 2.24) is 5.32 Å². The van der Waals surface area contributed by atoms with Crippen LogP contribution in [0.15, 0.2) is 48.5 Å². The van der Waals surface area contributed by atoms with Gasteiger partial charge in [-0.15, -0.1) is 0 Å². The molecule has 0 atom stereocenters. The molecule has 0 spiro atoms. The van der Waals surface area contributed by atoms with Crippen molar-refractivity contribution in [2.24, 2.45) is 0 Å².